The number of fused-ring (bicyclic) bond motifs is 1. The third-order valence-corrected chi connectivity index (χ3v) is 8.62. The summed E-state index contributed by atoms with van der Waals surface area (Å²) in [4.78, 5) is 35.4. The van der Waals surface area contributed by atoms with Crippen molar-refractivity contribution in [1.29, 1.82) is 0 Å². The summed E-state index contributed by atoms with van der Waals surface area (Å²) in [5.41, 5.74) is 4.34. The van der Waals surface area contributed by atoms with Crippen LogP contribution in [0.2, 0.25) is 0 Å². The number of carbonyl (C=O) groups excluding carboxylic acids is 2. The zero-order chi connectivity index (χ0) is 29.9. The number of pyridine rings is 1. The van der Waals surface area contributed by atoms with Crippen molar-refractivity contribution in [1.82, 2.24) is 30.3 Å². The van der Waals surface area contributed by atoms with Crippen LogP contribution < -0.4 is 10.1 Å². The van der Waals surface area contributed by atoms with Crippen LogP contribution in [0.15, 0.2) is 54.7 Å². The van der Waals surface area contributed by atoms with E-state index in [0.29, 0.717) is 36.3 Å². The summed E-state index contributed by atoms with van der Waals surface area (Å²) in [6.07, 6.45) is 6.10. The molecule has 2 aromatic heterocycles. The molecule has 224 valence electrons. The van der Waals surface area contributed by atoms with Gasteiger partial charge in [0.25, 0.3) is 5.91 Å². The number of rotatable bonds is 7. The minimum Gasteiger partial charge on any atom is -0.496 e. The average Bonchev–Trinajstić information content (AvgIpc) is 3.46. The van der Waals surface area contributed by atoms with Crippen LogP contribution in [0, 0.1) is 12.7 Å². The number of carbonyl (C=O) groups is 2. The molecule has 0 saturated carbocycles. The maximum Gasteiger partial charge on any atom is 0.251 e. The second-order valence-electron chi connectivity index (χ2n) is 11.5. The number of H-pyrrole nitrogens is 1. The highest BCUT2D eigenvalue weighted by molar-refractivity contribution is 6.01. The quantitative estimate of drug-likeness (QED) is 0.322. The number of aromatic nitrogens is 3. The largest absolute Gasteiger partial charge is 0.496 e. The molecule has 2 N–H and O–H groups in total. The molecule has 2 aliphatic rings. The van der Waals surface area contributed by atoms with Crippen LogP contribution in [0.4, 0.5) is 4.39 Å². The molecular formula is C33H37FN6O3. The van der Waals surface area contributed by atoms with Gasteiger partial charge >= 0.3 is 0 Å². The van der Waals surface area contributed by atoms with Crippen LogP contribution in [0.1, 0.15) is 53.7 Å². The fourth-order valence-corrected chi connectivity index (χ4v) is 6.36. The first-order valence-electron chi connectivity index (χ1n) is 15.0. The number of aromatic amines is 1. The number of halogens is 1. The molecule has 4 heterocycles. The first-order valence-corrected chi connectivity index (χ1v) is 15.0. The Labute approximate surface area is 250 Å². The summed E-state index contributed by atoms with van der Waals surface area (Å²) in [7, 11) is 1.52. The Bertz CT molecular complexity index is 1630. The maximum atomic E-state index is 15.0. The van der Waals surface area contributed by atoms with Crippen molar-refractivity contribution < 1.29 is 18.7 Å². The van der Waals surface area contributed by atoms with Crippen molar-refractivity contribution in [2.24, 2.45) is 0 Å². The molecule has 2 fully saturated rings. The Morgan fingerprint density at radius 3 is 2.72 bits per heavy atom. The monoisotopic (exact) mass is 584 g/mol. The van der Waals surface area contributed by atoms with Crippen molar-refractivity contribution in [3.63, 3.8) is 0 Å². The van der Waals surface area contributed by atoms with Gasteiger partial charge in [-0.15, -0.1) is 0 Å². The molecule has 0 spiro atoms. The highest BCUT2D eigenvalue weighted by Gasteiger charge is 2.37. The second-order valence-corrected chi connectivity index (χ2v) is 11.5. The van der Waals surface area contributed by atoms with Crippen molar-refractivity contribution in [3.05, 3.63) is 77.4 Å². The summed E-state index contributed by atoms with van der Waals surface area (Å²) < 4.78 is 20.5. The van der Waals surface area contributed by atoms with E-state index in [2.05, 4.69) is 20.5 Å². The van der Waals surface area contributed by atoms with E-state index in [1.807, 2.05) is 41.0 Å². The van der Waals surface area contributed by atoms with Gasteiger partial charge in [-0.2, -0.15) is 5.10 Å². The van der Waals surface area contributed by atoms with Crippen molar-refractivity contribution in [3.8, 4) is 17.0 Å². The lowest BCUT2D eigenvalue weighted by Crippen LogP contribution is -2.57. The van der Waals surface area contributed by atoms with Crippen molar-refractivity contribution in [2.75, 3.05) is 26.7 Å². The molecule has 0 radical (unpaired) electrons. The molecule has 9 nitrogen and oxygen atoms in total. The molecule has 4 aromatic rings. The Morgan fingerprint density at radius 1 is 1.09 bits per heavy atom. The van der Waals surface area contributed by atoms with Crippen LogP contribution in [0.5, 0.6) is 5.75 Å². The van der Waals surface area contributed by atoms with Crippen molar-refractivity contribution >= 4 is 22.7 Å². The molecule has 2 atom stereocenters. The predicted octanol–water partition coefficient (Wildman–Crippen LogP) is 4.86. The molecular weight excluding hydrogens is 547 g/mol. The van der Waals surface area contributed by atoms with E-state index >= 15 is 0 Å². The number of hydrogen-bond donors (Lipinski definition) is 2. The van der Waals surface area contributed by atoms with E-state index in [4.69, 9.17) is 4.74 Å². The molecule has 0 aliphatic carbocycles. The number of hydrogen-bond acceptors (Lipinski definition) is 6. The zero-order valence-electron chi connectivity index (χ0n) is 24.6. The van der Waals surface area contributed by atoms with Gasteiger partial charge in [-0.05, 0) is 81.5 Å². The number of amides is 2. The maximum absolute atomic E-state index is 15.0. The highest BCUT2D eigenvalue weighted by atomic mass is 19.1. The molecule has 10 heteroatoms. The highest BCUT2D eigenvalue weighted by Crippen LogP contribution is 2.30. The topological polar surface area (TPSA) is 103 Å². The third kappa shape index (κ3) is 6.10. The Morgan fingerprint density at radius 2 is 1.93 bits per heavy atom. The van der Waals surface area contributed by atoms with Gasteiger partial charge < -0.3 is 15.0 Å². The molecule has 2 aromatic carbocycles. The van der Waals surface area contributed by atoms with E-state index in [1.165, 1.54) is 13.2 Å². The number of likely N-dealkylation sites (tertiary alicyclic amines) is 2. The number of nitrogens with one attached hydrogen (secondary N) is 2. The molecule has 2 aliphatic heterocycles. The average molecular weight is 585 g/mol. The van der Waals surface area contributed by atoms with Gasteiger partial charge in [-0.3, -0.25) is 24.6 Å². The van der Waals surface area contributed by atoms with Gasteiger partial charge in [0, 0.05) is 66.2 Å². The molecule has 2 amide bonds. The van der Waals surface area contributed by atoms with Gasteiger partial charge in [0.05, 0.1) is 18.7 Å². The summed E-state index contributed by atoms with van der Waals surface area (Å²) in [6, 6.07) is 13.5. The lowest BCUT2D eigenvalue weighted by atomic mass is 9.95. The van der Waals surface area contributed by atoms with Gasteiger partial charge in [-0.1, -0.05) is 6.07 Å². The summed E-state index contributed by atoms with van der Waals surface area (Å²) in [5.74, 6) is -0.0366. The van der Waals surface area contributed by atoms with Crippen LogP contribution in [0.3, 0.4) is 0 Å². The van der Waals surface area contributed by atoms with E-state index in [0.717, 1.165) is 60.2 Å². The van der Waals surface area contributed by atoms with Crippen molar-refractivity contribution in [2.45, 2.75) is 57.7 Å². The van der Waals surface area contributed by atoms with Crippen LogP contribution >= 0.6 is 0 Å². The van der Waals surface area contributed by atoms with E-state index in [-0.39, 0.29) is 36.3 Å². The second kappa shape index (κ2) is 12.5. The molecule has 2 saturated heterocycles. The number of nitrogens with zero attached hydrogens (tertiary/aromatic N) is 4. The normalized spacial score (nSPS) is 19.4. The lowest BCUT2D eigenvalue weighted by Gasteiger charge is -2.42. The van der Waals surface area contributed by atoms with E-state index in [1.54, 1.807) is 24.4 Å². The van der Waals surface area contributed by atoms with Crippen LogP contribution in [0.25, 0.3) is 22.2 Å². The van der Waals surface area contributed by atoms with Crippen LogP contribution in [-0.2, 0) is 11.3 Å². The third-order valence-electron chi connectivity index (χ3n) is 8.62. The molecule has 0 bridgehead atoms. The first kappa shape index (κ1) is 28.8. The van der Waals surface area contributed by atoms with E-state index in [9.17, 15) is 14.0 Å². The summed E-state index contributed by atoms with van der Waals surface area (Å²) in [5, 5.41) is 11.6. The minimum atomic E-state index is -0.385. The number of methoxy groups -OCH3 is 1. The Balaban J connectivity index is 1.22. The SMILES string of the molecule is COc1cccc(F)c1CN1C[C@H](NC(=O)c2ccc3[nH]nc(-c4ccnc(C)c4)c3c2)CC[C@H]1C(=O)N1CCCCC1. The smallest absolute Gasteiger partial charge is 0.251 e. The molecule has 43 heavy (non-hydrogen) atoms. The fraction of sp³-hybridized carbons (Fsp3) is 0.394. The lowest BCUT2D eigenvalue weighted by molar-refractivity contribution is -0.139. The molecule has 0 unspecified atom stereocenters. The van der Waals surface area contributed by atoms with Gasteiger partial charge in [0.15, 0.2) is 0 Å². The first-order chi connectivity index (χ1) is 20.9. The Hall–Kier alpha value is -4.31. The van der Waals surface area contributed by atoms with Gasteiger partial charge in [-0.25, -0.2) is 4.39 Å². The predicted molar refractivity (Wildman–Crippen MR) is 162 cm³/mol. The number of aryl methyl sites for hydroxylation is 1. The van der Waals surface area contributed by atoms with Crippen LogP contribution in [-0.4, -0.2) is 75.6 Å². The minimum absolute atomic E-state index is 0.0871. The molecule has 6 rings (SSSR count). The fourth-order valence-electron chi connectivity index (χ4n) is 6.36. The van der Waals surface area contributed by atoms with Gasteiger partial charge in [0.2, 0.25) is 5.91 Å². The zero-order valence-corrected chi connectivity index (χ0v) is 24.6. The Kier molecular flexibility index (Phi) is 8.38. The summed E-state index contributed by atoms with van der Waals surface area (Å²) in [6.45, 7) is 4.07. The standard InChI is InChI=1S/C33H37FN6O3/c1-21-17-22(13-14-35-21)31-25-18-23(9-11-28(25)37-38-31)32(41)36-24-10-12-29(33(42)39-15-4-3-5-16-39)40(19-24)20-26-27(34)7-6-8-30(26)43-2/h6-9,11,13-14,17-18,24,29H,3-5,10,12,15-16,19-20H2,1-2H3,(H,36,41)(H,37,38)/t24-,29+/m1/s1. The van der Waals surface area contributed by atoms with Gasteiger partial charge in [0.1, 0.15) is 17.3 Å². The summed E-state index contributed by atoms with van der Waals surface area (Å²) >= 11 is 0. The number of benzene rings is 2. The number of piperidine rings is 2. The number of ether oxygens (including phenoxy) is 1. The van der Waals surface area contributed by atoms with E-state index < -0.39 is 0 Å².